The topological polar surface area (TPSA) is 34.4 Å². The second kappa shape index (κ2) is 5.61. The maximum Gasteiger partial charge on any atom is 0.261 e. The number of benzene rings is 1. The molecule has 1 aromatic carbocycles. The molecule has 1 fully saturated rings. The van der Waals surface area contributed by atoms with E-state index in [1.807, 2.05) is 18.2 Å². The number of nitrogens with zero attached hydrogens (tertiary/aromatic N) is 2. The van der Waals surface area contributed by atoms with Crippen molar-refractivity contribution in [2.45, 2.75) is 25.7 Å². The van der Waals surface area contributed by atoms with Crippen molar-refractivity contribution < 1.29 is 4.39 Å². The van der Waals surface area contributed by atoms with E-state index in [1.54, 1.807) is 22.9 Å². The average Bonchev–Trinajstić information content (AvgIpc) is 2.52. The van der Waals surface area contributed by atoms with Gasteiger partial charge in [-0.05, 0) is 47.7 Å². The molecule has 0 saturated heterocycles. The standard InChI is InChI=1S/C19H17FN2O/c20-17-6-2-5-14(10-17)15-7-8-22-18(11-15)21-12-16(19(22)23)9-13-3-1-4-13/h2,5-8,10-13H,1,3-4,9H2. The van der Waals surface area contributed by atoms with E-state index in [0.717, 1.165) is 23.1 Å². The molecular formula is C19H17FN2O. The Hall–Kier alpha value is -2.49. The summed E-state index contributed by atoms with van der Waals surface area (Å²) in [6, 6.07) is 10.1. The summed E-state index contributed by atoms with van der Waals surface area (Å²) >= 11 is 0. The fraction of sp³-hybridized carbons (Fsp3) is 0.263. The Kier molecular flexibility index (Phi) is 3.45. The van der Waals surface area contributed by atoms with Gasteiger partial charge in [0.1, 0.15) is 11.5 Å². The van der Waals surface area contributed by atoms with Gasteiger partial charge in [0.25, 0.3) is 5.56 Å². The quantitative estimate of drug-likeness (QED) is 0.736. The Balaban J connectivity index is 1.75. The van der Waals surface area contributed by atoms with Crippen molar-refractivity contribution in [3.05, 3.63) is 70.5 Å². The third kappa shape index (κ3) is 2.65. The van der Waals surface area contributed by atoms with Crippen LogP contribution < -0.4 is 5.56 Å². The van der Waals surface area contributed by atoms with Gasteiger partial charge in [0.05, 0.1) is 0 Å². The van der Waals surface area contributed by atoms with Crippen molar-refractivity contribution in [2.75, 3.05) is 0 Å². The molecule has 0 atom stereocenters. The van der Waals surface area contributed by atoms with Crippen LogP contribution in [-0.4, -0.2) is 9.38 Å². The van der Waals surface area contributed by atoms with Gasteiger partial charge in [-0.3, -0.25) is 9.20 Å². The third-order valence-corrected chi connectivity index (χ3v) is 4.67. The molecule has 116 valence electrons. The predicted molar refractivity (Wildman–Crippen MR) is 87.9 cm³/mol. The van der Waals surface area contributed by atoms with Crippen molar-refractivity contribution in [2.24, 2.45) is 5.92 Å². The maximum absolute atomic E-state index is 13.4. The summed E-state index contributed by atoms with van der Waals surface area (Å²) in [4.78, 5) is 17.0. The van der Waals surface area contributed by atoms with Crippen LogP contribution >= 0.6 is 0 Å². The van der Waals surface area contributed by atoms with E-state index in [4.69, 9.17) is 0 Å². The van der Waals surface area contributed by atoms with Gasteiger partial charge in [0.2, 0.25) is 0 Å². The number of fused-ring (bicyclic) bond motifs is 1. The van der Waals surface area contributed by atoms with Crippen molar-refractivity contribution >= 4 is 5.65 Å². The molecule has 4 heteroatoms. The first-order valence-corrected chi connectivity index (χ1v) is 7.97. The molecule has 0 amide bonds. The van der Waals surface area contributed by atoms with Crippen LogP contribution in [0.4, 0.5) is 4.39 Å². The smallest absolute Gasteiger partial charge is 0.261 e. The number of halogens is 1. The van der Waals surface area contributed by atoms with E-state index in [-0.39, 0.29) is 11.4 Å². The molecule has 0 unspecified atom stereocenters. The van der Waals surface area contributed by atoms with Crippen LogP contribution in [0.5, 0.6) is 0 Å². The molecule has 1 aliphatic carbocycles. The highest BCUT2D eigenvalue weighted by molar-refractivity contribution is 5.67. The van der Waals surface area contributed by atoms with Gasteiger partial charge in [0, 0.05) is 18.0 Å². The molecule has 3 nitrogen and oxygen atoms in total. The van der Waals surface area contributed by atoms with Crippen LogP contribution in [-0.2, 0) is 6.42 Å². The Morgan fingerprint density at radius 3 is 2.74 bits per heavy atom. The first kappa shape index (κ1) is 14.1. The molecule has 1 saturated carbocycles. The van der Waals surface area contributed by atoms with Gasteiger partial charge in [-0.1, -0.05) is 31.4 Å². The average molecular weight is 308 g/mol. The number of rotatable bonds is 3. The largest absolute Gasteiger partial charge is 0.269 e. The van der Waals surface area contributed by atoms with E-state index >= 15 is 0 Å². The van der Waals surface area contributed by atoms with Gasteiger partial charge in [-0.15, -0.1) is 0 Å². The van der Waals surface area contributed by atoms with Crippen molar-refractivity contribution in [1.29, 1.82) is 0 Å². The lowest BCUT2D eigenvalue weighted by Crippen LogP contribution is -2.23. The Morgan fingerprint density at radius 2 is 2.00 bits per heavy atom. The fourth-order valence-electron chi connectivity index (χ4n) is 3.11. The van der Waals surface area contributed by atoms with Gasteiger partial charge in [-0.2, -0.15) is 0 Å². The molecule has 2 aromatic heterocycles. The first-order valence-electron chi connectivity index (χ1n) is 7.97. The van der Waals surface area contributed by atoms with Crippen molar-refractivity contribution in [1.82, 2.24) is 9.38 Å². The van der Waals surface area contributed by atoms with Gasteiger partial charge in [0.15, 0.2) is 0 Å². The van der Waals surface area contributed by atoms with Gasteiger partial charge >= 0.3 is 0 Å². The summed E-state index contributed by atoms with van der Waals surface area (Å²) in [5.41, 5.74) is 3.01. The normalized spacial score (nSPS) is 14.8. The summed E-state index contributed by atoms with van der Waals surface area (Å²) in [7, 11) is 0. The zero-order valence-corrected chi connectivity index (χ0v) is 12.7. The highest BCUT2D eigenvalue weighted by atomic mass is 19.1. The molecular weight excluding hydrogens is 291 g/mol. The van der Waals surface area contributed by atoms with Gasteiger partial charge < -0.3 is 0 Å². The molecule has 1 aliphatic rings. The van der Waals surface area contributed by atoms with Gasteiger partial charge in [-0.25, -0.2) is 9.37 Å². The number of hydrogen-bond donors (Lipinski definition) is 0. The molecule has 2 heterocycles. The van der Waals surface area contributed by atoms with E-state index in [1.165, 1.54) is 31.4 Å². The number of aromatic nitrogens is 2. The van der Waals surface area contributed by atoms with Crippen LogP contribution in [0.1, 0.15) is 24.8 Å². The molecule has 0 aliphatic heterocycles. The lowest BCUT2D eigenvalue weighted by molar-refractivity contribution is 0.313. The fourth-order valence-corrected chi connectivity index (χ4v) is 3.11. The van der Waals surface area contributed by atoms with Crippen LogP contribution in [0.2, 0.25) is 0 Å². The summed E-state index contributed by atoms with van der Waals surface area (Å²) in [6.07, 6.45) is 7.94. The molecule has 0 radical (unpaired) electrons. The predicted octanol–water partition coefficient (Wildman–Crippen LogP) is 3.84. The second-order valence-corrected chi connectivity index (χ2v) is 6.24. The monoisotopic (exact) mass is 308 g/mol. The van der Waals surface area contributed by atoms with Crippen LogP contribution in [0.25, 0.3) is 16.8 Å². The van der Waals surface area contributed by atoms with E-state index in [0.29, 0.717) is 11.6 Å². The molecule has 23 heavy (non-hydrogen) atoms. The minimum atomic E-state index is -0.274. The SMILES string of the molecule is O=c1c(CC2CCC2)cnc2cc(-c3cccc(F)c3)ccn12. The Labute approximate surface area is 133 Å². The van der Waals surface area contributed by atoms with E-state index < -0.39 is 0 Å². The van der Waals surface area contributed by atoms with Crippen LogP contribution in [0.3, 0.4) is 0 Å². The zero-order chi connectivity index (χ0) is 15.8. The summed E-state index contributed by atoms with van der Waals surface area (Å²) in [6.45, 7) is 0. The van der Waals surface area contributed by atoms with Crippen LogP contribution in [0, 0.1) is 11.7 Å². The van der Waals surface area contributed by atoms with Crippen molar-refractivity contribution in [3.8, 4) is 11.1 Å². The van der Waals surface area contributed by atoms with E-state index in [2.05, 4.69) is 4.98 Å². The lowest BCUT2D eigenvalue weighted by atomic mass is 9.81. The lowest BCUT2D eigenvalue weighted by Gasteiger charge is -2.24. The maximum atomic E-state index is 13.4. The Bertz CT molecular complexity index is 928. The molecule has 0 bridgehead atoms. The summed E-state index contributed by atoms with van der Waals surface area (Å²) in [5.74, 6) is 0.359. The molecule has 3 aromatic rings. The minimum Gasteiger partial charge on any atom is -0.269 e. The highest BCUT2D eigenvalue weighted by Crippen LogP contribution is 2.29. The first-order chi connectivity index (χ1) is 11.2. The number of hydrogen-bond acceptors (Lipinski definition) is 2. The minimum absolute atomic E-state index is 0.00712. The van der Waals surface area contributed by atoms with Crippen LogP contribution in [0.15, 0.2) is 53.6 Å². The number of pyridine rings is 1. The third-order valence-electron chi connectivity index (χ3n) is 4.67. The van der Waals surface area contributed by atoms with Crippen molar-refractivity contribution in [3.63, 3.8) is 0 Å². The highest BCUT2D eigenvalue weighted by Gasteiger charge is 2.19. The zero-order valence-electron chi connectivity index (χ0n) is 12.7. The van der Waals surface area contributed by atoms with E-state index in [9.17, 15) is 9.18 Å². The Morgan fingerprint density at radius 1 is 1.17 bits per heavy atom. The second-order valence-electron chi connectivity index (χ2n) is 6.24. The molecule has 4 rings (SSSR count). The molecule has 0 spiro atoms. The summed E-state index contributed by atoms with van der Waals surface area (Å²) in [5, 5.41) is 0. The molecule has 0 N–H and O–H groups in total. The summed E-state index contributed by atoms with van der Waals surface area (Å²) < 4.78 is 15.0.